The first kappa shape index (κ1) is 16.3. The molecule has 2 heterocycles. The number of rotatable bonds is 3. The Balaban J connectivity index is 1.74. The Morgan fingerprint density at radius 3 is 2.91 bits per heavy atom. The van der Waals surface area contributed by atoms with Crippen LogP contribution in [0.25, 0.3) is 0 Å². The van der Waals surface area contributed by atoms with Crippen LogP contribution in [0.2, 0.25) is 0 Å². The van der Waals surface area contributed by atoms with Gasteiger partial charge in [-0.3, -0.25) is 14.5 Å². The number of carbonyl (C=O) groups is 2. The Labute approximate surface area is 143 Å². The van der Waals surface area contributed by atoms with Gasteiger partial charge in [0.25, 0.3) is 5.91 Å². The van der Waals surface area contributed by atoms with Gasteiger partial charge in [0.1, 0.15) is 12.3 Å². The molecule has 1 fully saturated rings. The van der Waals surface area contributed by atoms with Crippen molar-refractivity contribution in [3.8, 4) is 5.75 Å². The Bertz CT molecular complexity index is 617. The fourth-order valence-corrected chi connectivity index (χ4v) is 3.34. The predicted molar refractivity (Wildman–Crippen MR) is 90.7 cm³/mol. The highest BCUT2D eigenvalue weighted by Crippen LogP contribution is 2.34. The molecule has 0 unspecified atom stereocenters. The van der Waals surface area contributed by atoms with Crippen molar-refractivity contribution in [2.24, 2.45) is 0 Å². The summed E-state index contributed by atoms with van der Waals surface area (Å²) in [4.78, 5) is 28.1. The number of anilines is 1. The quantitative estimate of drug-likeness (QED) is 0.858. The summed E-state index contributed by atoms with van der Waals surface area (Å²) in [5, 5.41) is 3.29. The van der Waals surface area contributed by atoms with Gasteiger partial charge >= 0.3 is 0 Å². The largest absolute Gasteiger partial charge is 0.482 e. The van der Waals surface area contributed by atoms with Gasteiger partial charge < -0.3 is 15.0 Å². The lowest BCUT2D eigenvalue weighted by molar-refractivity contribution is -0.133. The summed E-state index contributed by atoms with van der Waals surface area (Å²) in [5.74, 6) is 0.393. The van der Waals surface area contributed by atoms with Crippen LogP contribution in [0, 0.1) is 0 Å². The Morgan fingerprint density at radius 1 is 1.43 bits per heavy atom. The van der Waals surface area contributed by atoms with E-state index in [1.165, 1.54) is 4.90 Å². The van der Waals surface area contributed by atoms with Crippen molar-refractivity contribution >= 4 is 33.4 Å². The van der Waals surface area contributed by atoms with Crippen LogP contribution in [-0.2, 0) is 9.59 Å². The molecule has 2 aliphatic rings. The summed E-state index contributed by atoms with van der Waals surface area (Å²) < 4.78 is 6.33. The van der Waals surface area contributed by atoms with Crippen LogP contribution < -0.4 is 15.0 Å². The number of carbonyl (C=O) groups excluding carboxylic acids is 2. The fraction of sp³-hybridized carbons (Fsp3) is 0.500. The van der Waals surface area contributed by atoms with Crippen molar-refractivity contribution in [2.45, 2.75) is 18.9 Å². The van der Waals surface area contributed by atoms with Crippen LogP contribution >= 0.6 is 15.9 Å². The van der Waals surface area contributed by atoms with Crippen LogP contribution in [0.15, 0.2) is 22.7 Å². The number of hydrogen-bond donors (Lipinski definition) is 1. The van der Waals surface area contributed by atoms with Crippen LogP contribution in [0.4, 0.5) is 5.69 Å². The SMILES string of the molecule is CN(C(=O)CN1C(=O)COc2cc(Br)ccc21)C1CCNCC1. The standard InChI is InChI=1S/C16H20BrN3O3/c1-19(12-4-6-18-7-5-12)15(21)9-20-13-3-2-11(17)8-14(13)23-10-16(20)22/h2-3,8,12,18H,4-7,9-10H2,1H3. The molecule has 1 N–H and O–H groups in total. The van der Waals surface area contributed by atoms with Crippen molar-refractivity contribution in [2.75, 3.05) is 38.2 Å². The maximum atomic E-state index is 12.6. The molecule has 23 heavy (non-hydrogen) atoms. The Kier molecular flexibility index (Phi) is 4.87. The van der Waals surface area contributed by atoms with Crippen molar-refractivity contribution < 1.29 is 14.3 Å². The first-order valence-electron chi connectivity index (χ1n) is 7.75. The highest BCUT2D eigenvalue weighted by molar-refractivity contribution is 9.10. The lowest BCUT2D eigenvalue weighted by atomic mass is 10.1. The summed E-state index contributed by atoms with van der Waals surface area (Å²) in [7, 11) is 1.83. The third kappa shape index (κ3) is 3.50. The van der Waals surface area contributed by atoms with Gasteiger partial charge in [0.2, 0.25) is 5.91 Å². The molecule has 0 aromatic heterocycles. The molecule has 1 aromatic rings. The van der Waals surface area contributed by atoms with Crippen molar-refractivity contribution in [3.63, 3.8) is 0 Å². The highest BCUT2D eigenvalue weighted by atomic mass is 79.9. The van der Waals surface area contributed by atoms with Gasteiger partial charge in [-0.1, -0.05) is 15.9 Å². The second-order valence-corrected chi connectivity index (χ2v) is 6.78. The zero-order valence-electron chi connectivity index (χ0n) is 13.0. The van der Waals surface area contributed by atoms with Crippen LogP contribution in [-0.4, -0.2) is 56.0 Å². The molecule has 0 saturated carbocycles. The number of likely N-dealkylation sites (N-methyl/N-ethyl adjacent to an activating group) is 1. The predicted octanol–water partition coefficient (Wildman–Crippen LogP) is 1.38. The summed E-state index contributed by atoms with van der Waals surface area (Å²) >= 11 is 3.39. The number of nitrogens with zero attached hydrogens (tertiary/aromatic N) is 2. The normalized spacial score (nSPS) is 18.3. The number of amides is 2. The molecular weight excluding hydrogens is 362 g/mol. The van der Waals surface area contributed by atoms with Gasteiger partial charge in [-0.2, -0.15) is 0 Å². The van der Waals surface area contributed by atoms with Gasteiger partial charge in [-0.05, 0) is 44.1 Å². The molecule has 7 heteroatoms. The molecule has 3 rings (SSSR count). The third-order valence-electron chi connectivity index (χ3n) is 4.41. The molecule has 6 nitrogen and oxygen atoms in total. The zero-order chi connectivity index (χ0) is 16.4. The van der Waals surface area contributed by atoms with E-state index in [2.05, 4.69) is 21.2 Å². The van der Waals surface area contributed by atoms with Gasteiger partial charge in [0.15, 0.2) is 6.61 Å². The molecule has 2 amide bonds. The first-order chi connectivity index (χ1) is 11.1. The molecule has 0 bridgehead atoms. The minimum Gasteiger partial charge on any atom is -0.482 e. The smallest absolute Gasteiger partial charge is 0.265 e. The maximum absolute atomic E-state index is 12.6. The molecule has 0 aliphatic carbocycles. The van der Waals surface area contributed by atoms with E-state index in [1.54, 1.807) is 11.0 Å². The fourth-order valence-electron chi connectivity index (χ4n) is 3.00. The van der Waals surface area contributed by atoms with Crippen LogP contribution in [0.5, 0.6) is 5.75 Å². The van der Waals surface area contributed by atoms with E-state index in [4.69, 9.17) is 4.74 Å². The molecule has 0 radical (unpaired) electrons. The highest BCUT2D eigenvalue weighted by Gasteiger charge is 2.30. The molecule has 0 atom stereocenters. The van der Waals surface area contributed by atoms with Crippen molar-refractivity contribution in [1.82, 2.24) is 10.2 Å². The minimum atomic E-state index is -0.188. The van der Waals surface area contributed by atoms with E-state index in [0.29, 0.717) is 11.4 Å². The Morgan fingerprint density at radius 2 is 2.17 bits per heavy atom. The lowest BCUT2D eigenvalue weighted by Crippen LogP contribution is -2.50. The second-order valence-electron chi connectivity index (χ2n) is 5.87. The number of fused-ring (bicyclic) bond motifs is 1. The average molecular weight is 382 g/mol. The van der Waals surface area contributed by atoms with Gasteiger partial charge in [0.05, 0.1) is 5.69 Å². The topological polar surface area (TPSA) is 61.9 Å². The number of halogens is 1. The van der Waals surface area contributed by atoms with E-state index < -0.39 is 0 Å². The number of nitrogens with one attached hydrogen (secondary N) is 1. The van der Waals surface area contributed by atoms with Crippen molar-refractivity contribution in [3.05, 3.63) is 22.7 Å². The van der Waals surface area contributed by atoms with E-state index in [0.717, 1.165) is 30.4 Å². The van der Waals surface area contributed by atoms with E-state index in [1.807, 2.05) is 19.2 Å². The monoisotopic (exact) mass is 381 g/mol. The van der Waals surface area contributed by atoms with E-state index >= 15 is 0 Å². The minimum absolute atomic E-state index is 0.0339. The zero-order valence-corrected chi connectivity index (χ0v) is 14.6. The average Bonchev–Trinajstić information content (AvgIpc) is 2.57. The second kappa shape index (κ2) is 6.88. The molecule has 2 aliphatic heterocycles. The molecule has 1 aromatic carbocycles. The molecule has 0 spiro atoms. The number of benzene rings is 1. The number of hydrogen-bond acceptors (Lipinski definition) is 4. The summed E-state index contributed by atoms with van der Waals surface area (Å²) in [6.07, 6.45) is 1.89. The Hall–Kier alpha value is -1.60. The summed E-state index contributed by atoms with van der Waals surface area (Å²) in [6, 6.07) is 5.70. The van der Waals surface area contributed by atoms with E-state index in [-0.39, 0.29) is 31.0 Å². The van der Waals surface area contributed by atoms with E-state index in [9.17, 15) is 9.59 Å². The number of piperidine rings is 1. The molecular formula is C16H20BrN3O3. The first-order valence-corrected chi connectivity index (χ1v) is 8.54. The third-order valence-corrected chi connectivity index (χ3v) is 4.90. The summed E-state index contributed by atoms with van der Waals surface area (Å²) in [5.41, 5.74) is 0.650. The maximum Gasteiger partial charge on any atom is 0.265 e. The lowest BCUT2D eigenvalue weighted by Gasteiger charge is -2.34. The van der Waals surface area contributed by atoms with Crippen molar-refractivity contribution in [1.29, 1.82) is 0 Å². The van der Waals surface area contributed by atoms with Gasteiger partial charge in [0, 0.05) is 17.6 Å². The van der Waals surface area contributed by atoms with Crippen LogP contribution in [0.1, 0.15) is 12.8 Å². The number of ether oxygens (including phenoxy) is 1. The molecule has 1 saturated heterocycles. The summed E-state index contributed by atoms with van der Waals surface area (Å²) in [6.45, 7) is 1.87. The molecule has 124 valence electrons. The van der Waals surface area contributed by atoms with Gasteiger partial charge in [-0.25, -0.2) is 0 Å². The van der Waals surface area contributed by atoms with Crippen LogP contribution in [0.3, 0.4) is 0 Å². The van der Waals surface area contributed by atoms with Gasteiger partial charge in [-0.15, -0.1) is 0 Å².